The van der Waals surface area contributed by atoms with Crippen molar-refractivity contribution in [1.29, 1.82) is 0 Å². The first kappa shape index (κ1) is 22.8. The van der Waals surface area contributed by atoms with Gasteiger partial charge in [0.25, 0.3) is 0 Å². The van der Waals surface area contributed by atoms with E-state index in [0.29, 0.717) is 11.8 Å². The SMILES string of the molecule is c1ccc(Oc2ccccc2Nc2ccnc(Nc3cccc(CCN4CCOCC4)c3)n2)cc1. The topological polar surface area (TPSA) is 71.5 Å². The van der Waals surface area contributed by atoms with Gasteiger partial charge in [-0.25, -0.2) is 4.98 Å². The van der Waals surface area contributed by atoms with Crippen LogP contribution in [0.1, 0.15) is 5.56 Å². The lowest BCUT2D eigenvalue weighted by Gasteiger charge is -2.26. The quantitative estimate of drug-likeness (QED) is 0.330. The van der Waals surface area contributed by atoms with Crippen LogP contribution in [0.3, 0.4) is 0 Å². The van der Waals surface area contributed by atoms with Crippen molar-refractivity contribution in [2.75, 3.05) is 43.5 Å². The molecular weight excluding hydrogens is 438 g/mol. The maximum absolute atomic E-state index is 6.06. The highest BCUT2D eigenvalue weighted by molar-refractivity contribution is 5.65. The van der Waals surface area contributed by atoms with Crippen LogP contribution in [0, 0.1) is 0 Å². The first-order valence-corrected chi connectivity index (χ1v) is 11.9. The molecule has 1 aromatic heterocycles. The Balaban J connectivity index is 1.24. The lowest BCUT2D eigenvalue weighted by molar-refractivity contribution is 0.0384. The predicted molar refractivity (Wildman–Crippen MR) is 139 cm³/mol. The van der Waals surface area contributed by atoms with Gasteiger partial charge in [-0.15, -0.1) is 0 Å². The van der Waals surface area contributed by atoms with E-state index in [-0.39, 0.29) is 0 Å². The van der Waals surface area contributed by atoms with Crippen molar-refractivity contribution < 1.29 is 9.47 Å². The summed E-state index contributed by atoms with van der Waals surface area (Å²) in [5.74, 6) is 2.71. The molecule has 178 valence electrons. The first-order chi connectivity index (χ1) is 17.3. The van der Waals surface area contributed by atoms with Gasteiger partial charge in [-0.05, 0) is 54.4 Å². The molecule has 0 radical (unpaired) electrons. The molecule has 1 aliphatic rings. The fourth-order valence-corrected chi connectivity index (χ4v) is 3.95. The number of rotatable bonds is 9. The minimum absolute atomic E-state index is 0.529. The van der Waals surface area contributed by atoms with Crippen molar-refractivity contribution >= 4 is 23.1 Å². The first-order valence-electron chi connectivity index (χ1n) is 11.9. The van der Waals surface area contributed by atoms with Crippen LogP contribution >= 0.6 is 0 Å². The summed E-state index contributed by atoms with van der Waals surface area (Å²) < 4.78 is 11.5. The van der Waals surface area contributed by atoms with E-state index >= 15 is 0 Å². The third kappa shape index (κ3) is 6.56. The molecule has 0 bridgehead atoms. The number of hydrogen-bond acceptors (Lipinski definition) is 7. The Morgan fingerprint density at radius 3 is 2.57 bits per heavy atom. The summed E-state index contributed by atoms with van der Waals surface area (Å²) >= 11 is 0. The van der Waals surface area contributed by atoms with E-state index in [1.807, 2.05) is 66.7 Å². The van der Waals surface area contributed by atoms with E-state index in [1.165, 1.54) is 5.56 Å². The Morgan fingerprint density at radius 1 is 0.857 bits per heavy atom. The third-order valence-electron chi connectivity index (χ3n) is 5.78. The molecule has 1 saturated heterocycles. The van der Waals surface area contributed by atoms with Crippen molar-refractivity contribution in [2.24, 2.45) is 0 Å². The predicted octanol–water partition coefficient (Wildman–Crippen LogP) is 5.63. The highest BCUT2D eigenvalue weighted by Gasteiger charge is 2.10. The molecule has 3 aromatic carbocycles. The number of hydrogen-bond donors (Lipinski definition) is 2. The van der Waals surface area contributed by atoms with Gasteiger partial charge in [0.1, 0.15) is 11.6 Å². The minimum Gasteiger partial charge on any atom is -0.455 e. The van der Waals surface area contributed by atoms with Crippen molar-refractivity contribution in [3.63, 3.8) is 0 Å². The number of morpholine rings is 1. The maximum atomic E-state index is 6.06. The molecule has 0 amide bonds. The van der Waals surface area contributed by atoms with Gasteiger partial charge in [0.15, 0.2) is 5.75 Å². The standard InChI is InChI=1S/C28H29N5O2/c1-2-9-24(10-3-1)35-26-12-5-4-11-25(26)31-27-13-15-29-28(32-27)30-23-8-6-7-22(21-23)14-16-33-17-19-34-20-18-33/h1-13,15,21H,14,16-20H2,(H2,29,30,31,32). The van der Waals surface area contributed by atoms with E-state index in [0.717, 1.165) is 62.1 Å². The molecule has 0 atom stereocenters. The summed E-state index contributed by atoms with van der Waals surface area (Å²) in [6.45, 7) is 4.70. The highest BCUT2D eigenvalue weighted by Crippen LogP contribution is 2.31. The van der Waals surface area contributed by atoms with E-state index in [9.17, 15) is 0 Å². The largest absolute Gasteiger partial charge is 0.455 e. The van der Waals surface area contributed by atoms with Gasteiger partial charge < -0.3 is 20.1 Å². The summed E-state index contributed by atoms with van der Waals surface area (Å²) in [6, 6.07) is 27.8. The molecule has 7 nitrogen and oxygen atoms in total. The van der Waals surface area contributed by atoms with E-state index in [1.54, 1.807) is 6.20 Å². The van der Waals surface area contributed by atoms with Gasteiger partial charge in [-0.2, -0.15) is 4.98 Å². The molecule has 7 heteroatoms. The number of nitrogens with one attached hydrogen (secondary N) is 2. The van der Waals surface area contributed by atoms with Crippen LogP contribution in [0.5, 0.6) is 11.5 Å². The summed E-state index contributed by atoms with van der Waals surface area (Å²) in [6.07, 6.45) is 2.73. The van der Waals surface area contributed by atoms with Crippen molar-refractivity contribution in [2.45, 2.75) is 6.42 Å². The Morgan fingerprint density at radius 2 is 1.69 bits per heavy atom. The molecule has 4 aromatic rings. The van der Waals surface area contributed by atoms with E-state index < -0.39 is 0 Å². The number of nitrogens with zero attached hydrogens (tertiary/aromatic N) is 3. The Hall–Kier alpha value is -3.94. The van der Waals surface area contributed by atoms with Crippen LogP contribution in [-0.2, 0) is 11.2 Å². The monoisotopic (exact) mass is 467 g/mol. The van der Waals surface area contributed by atoms with Gasteiger partial charge >= 0.3 is 0 Å². The number of benzene rings is 3. The Bertz CT molecular complexity index is 1230. The lowest BCUT2D eigenvalue weighted by atomic mass is 10.1. The summed E-state index contributed by atoms with van der Waals surface area (Å²) in [4.78, 5) is 11.5. The van der Waals surface area contributed by atoms with Gasteiger partial charge in [0.05, 0.1) is 18.9 Å². The minimum atomic E-state index is 0.529. The van der Waals surface area contributed by atoms with E-state index in [4.69, 9.17) is 9.47 Å². The molecule has 0 aliphatic carbocycles. The zero-order valence-electron chi connectivity index (χ0n) is 19.6. The van der Waals surface area contributed by atoms with Crippen molar-refractivity contribution in [3.8, 4) is 11.5 Å². The van der Waals surface area contributed by atoms with Crippen LogP contribution in [0.15, 0.2) is 91.1 Å². The highest BCUT2D eigenvalue weighted by atomic mass is 16.5. The van der Waals surface area contributed by atoms with Gasteiger partial charge in [-0.1, -0.05) is 42.5 Å². The molecular formula is C28H29N5O2. The van der Waals surface area contributed by atoms with Crippen molar-refractivity contribution in [3.05, 3.63) is 96.7 Å². The van der Waals surface area contributed by atoms with Gasteiger partial charge in [0.2, 0.25) is 5.95 Å². The van der Waals surface area contributed by atoms with Crippen LogP contribution in [-0.4, -0.2) is 47.7 Å². The average Bonchev–Trinajstić information content (AvgIpc) is 2.90. The van der Waals surface area contributed by atoms with Gasteiger partial charge in [-0.3, -0.25) is 4.90 Å². The van der Waals surface area contributed by atoms with Crippen LogP contribution in [0.4, 0.5) is 23.1 Å². The number of anilines is 4. The molecule has 35 heavy (non-hydrogen) atoms. The molecule has 2 heterocycles. The second-order valence-electron chi connectivity index (χ2n) is 8.33. The van der Waals surface area contributed by atoms with Crippen molar-refractivity contribution in [1.82, 2.24) is 14.9 Å². The number of ether oxygens (including phenoxy) is 2. The average molecular weight is 468 g/mol. The molecule has 5 rings (SSSR count). The summed E-state index contributed by atoms with van der Waals surface area (Å²) in [7, 11) is 0. The number of aromatic nitrogens is 2. The maximum Gasteiger partial charge on any atom is 0.229 e. The van der Waals surface area contributed by atoms with Crippen LogP contribution in [0.25, 0.3) is 0 Å². The summed E-state index contributed by atoms with van der Waals surface area (Å²) in [5.41, 5.74) is 3.07. The van der Waals surface area contributed by atoms with E-state index in [2.05, 4.69) is 43.7 Å². The Kier molecular flexibility index (Phi) is 7.48. The summed E-state index contributed by atoms with van der Waals surface area (Å²) in [5, 5.41) is 6.69. The van der Waals surface area contributed by atoms with Gasteiger partial charge in [0, 0.05) is 31.5 Å². The molecule has 0 saturated carbocycles. The molecule has 1 fully saturated rings. The van der Waals surface area contributed by atoms with Crippen LogP contribution in [0.2, 0.25) is 0 Å². The van der Waals surface area contributed by atoms with Crippen LogP contribution < -0.4 is 15.4 Å². The second kappa shape index (κ2) is 11.5. The normalized spacial score (nSPS) is 13.8. The molecule has 1 aliphatic heterocycles. The molecule has 0 spiro atoms. The zero-order valence-corrected chi connectivity index (χ0v) is 19.6. The second-order valence-corrected chi connectivity index (χ2v) is 8.33. The number of para-hydroxylation sites is 3. The Labute approximate surface area is 205 Å². The third-order valence-corrected chi connectivity index (χ3v) is 5.78. The fraction of sp³-hybridized carbons (Fsp3) is 0.214. The lowest BCUT2D eigenvalue weighted by Crippen LogP contribution is -2.37. The fourth-order valence-electron chi connectivity index (χ4n) is 3.95. The molecule has 0 unspecified atom stereocenters. The zero-order chi connectivity index (χ0) is 23.7. The smallest absolute Gasteiger partial charge is 0.229 e. The molecule has 2 N–H and O–H groups in total.